The van der Waals surface area contributed by atoms with Crippen LogP contribution in [0.4, 0.5) is 17.6 Å². The Kier molecular flexibility index (Phi) is 4.09. The average Bonchev–Trinajstić information content (AvgIpc) is 3.15. The van der Waals surface area contributed by atoms with E-state index in [9.17, 15) is 36.7 Å². The van der Waals surface area contributed by atoms with E-state index in [4.69, 9.17) is 0 Å². The van der Waals surface area contributed by atoms with Crippen LogP contribution < -0.4 is 0 Å². The third-order valence-electron chi connectivity index (χ3n) is 5.38. The molecule has 0 aliphatic carbocycles. The van der Waals surface area contributed by atoms with Gasteiger partial charge in [-0.2, -0.15) is 8.78 Å². The Bertz CT molecular complexity index is 1080. The molecule has 30 heavy (non-hydrogen) atoms. The minimum absolute atomic E-state index is 0.186. The summed E-state index contributed by atoms with van der Waals surface area (Å²) in [5.41, 5.74) is -4.65. The predicted molar refractivity (Wildman–Crippen MR) is 89.8 cm³/mol. The Hall–Kier alpha value is -3.56. The third kappa shape index (κ3) is 2.49. The summed E-state index contributed by atoms with van der Waals surface area (Å²) < 4.78 is 65.6. The number of carbonyl (C=O) groups excluding carboxylic acids is 4. The van der Waals surface area contributed by atoms with Crippen molar-refractivity contribution >= 4 is 23.9 Å². The molecule has 2 aliphatic rings. The molecule has 0 amide bonds. The van der Waals surface area contributed by atoms with Gasteiger partial charge in [-0.1, -0.05) is 12.1 Å². The van der Waals surface area contributed by atoms with E-state index in [0.717, 1.165) is 43.3 Å². The summed E-state index contributed by atoms with van der Waals surface area (Å²) in [6.45, 7) is 0.812. The van der Waals surface area contributed by atoms with Crippen LogP contribution in [-0.2, 0) is 14.9 Å². The first-order valence-electron chi connectivity index (χ1n) is 8.46. The van der Waals surface area contributed by atoms with E-state index in [1.165, 1.54) is 0 Å². The minimum atomic E-state index is -4.67. The predicted octanol–water partition coefficient (Wildman–Crippen LogP) is 3.51. The molecular weight excluding hydrogens is 412 g/mol. The quantitative estimate of drug-likeness (QED) is 0.426. The van der Waals surface area contributed by atoms with E-state index in [1.807, 2.05) is 0 Å². The number of rotatable bonds is 4. The van der Waals surface area contributed by atoms with Crippen LogP contribution in [0.1, 0.15) is 59.5 Å². The average molecular weight is 422 g/mol. The van der Waals surface area contributed by atoms with Gasteiger partial charge >= 0.3 is 36.2 Å². The zero-order valence-corrected chi connectivity index (χ0v) is 15.0. The number of carbonyl (C=O) groups is 4. The molecule has 0 saturated carbocycles. The molecule has 0 N–H and O–H groups in total. The number of esters is 4. The standard InChI is InChI=1S/C20H10F4O6/c1-19(20(23,24)18(21)22,8-2-4-10-12(6-8)16(27)29-14(10)25)9-3-5-11-13(7-9)17(28)30-15(11)26/h2-7,18H,1H3. The number of benzene rings is 2. The number of halogens is 4. The summed E-state index contributed by atoms with van der Waals surface area (Å²) in [5, 5.41) is 0. The number of hydrogen-bond donors (Lipinski definition) is 0. The fourth-order valence-electron chi connectivity index (χ4n) is 3.56. The van der Waals surface area contributed by atoms with Crippen molar-refractivity contribution in [3.63, 3.8) is 0 Å². The van der Waals surface area contributed by atoms with E-state index in [-0.39, 0.29) is 22.3 Å². The zero-order chi connectivity index (χ0) is 22.0. The molecule has 2 aliphatic heterocycles. The maximum atomic E-state index is 14.9. The lowest BCUT2D eigenvalue weighted by Crippen LogP contribution is -2.49. The Labute approximate surface area is 165 Å². The molecule has 0 fully saturated rings. The van der Waals surface area contributed by atoms with Gasteiger partial charge in [-0.15, -0.1) is 0 Å². The Morgan fingerprint density at radius 2 is 1.07 bits per heavy atom. The summed E-state index contributed by atoms with van der Waals surface area (Å²) in [4.78, 5) is 46.9. The molecule has 4 rings (SSSR count). The summed E-state index contributed by atoms with van der Waals surface area (Å²) >= 11 is 0. The molecule has 2 aromatic rings. The van der Waals surface area contributed by atoms with Crippen molar-refractivity contribution in [1.29, 1.82) is 0 Å². The van der Waals surface area contributed by atoms with Crippen LogP contribution >= 0.6 is 0 Å². The highest BCUT2D eigenvalue weighted by molar-refractivity contribution is 6.15. The molecule has 0 atom stereocenters. The van der Waals surface area contributed by atoms with Gasteiger partial charge in [-0.3, -0.25) is 0 Å². The topological polar surface area (TPSA) is 86.7 Å². The van der Waals surface area contributed by atoms with Crippen molar-refractivity contribution < 1.29 is 46.2 Å². The number of ether oxygens (including phenoxy) is 2. The van der Waals surface area contributed by atoms with Gasteiger partial charge in [0.25, 0.3) is 0 Å². The molecule has 2 heterocycles. The van der Waals surface area contributed by atoms with Crippen molar-refractivity contribution in [2.45, 2.75) is 24.7 Å². The second-order valence-corrected chi connectivity index (χ2v) is 6.92. The van der Waals surface area contributed by atoms with Crippen molar-refractivity contribution in [3.05, 3.63) is 69.8 Å². The number of cyclic esters (lactones) is 4. The fourth-order valence-corrected chi connectivity index (χ4v) is 3.56. The molecule has 0 unspecified atom stereocenters. The van der Waals surface area contributed by atoms with Crippen LogP contribution in [-0.4, -0.2) is 36.2 Å². The zero-order valence-electron chi connectivity index (χ0n) is 15.0. The van der Waals surface area contributed by atoms with E-state index in [2.05, 4.69) is 9.47 Å². The summed E-state index contributed by atoms with van der Waals surface area (Å²) in [6, 6.07) is 5.84. The number of fused-ring (bicyclic) bond motifs is 2. The molecule has 0 aromatic heterocycles. The highest BCUT2D eigenvalue weighted by atomic mass is 19.3. The second-order valence-electron chi connectivity index (χ2n) is 6.92. The van der Waals surface area contributed by atoms with Gasteiger partial charge in [0.15, 0.2) is 0 Å². The first-order chi connectivity index (χ1) is 14.0. The van der Waals surface area contributed by atoms with Crippen LogP contribution in [0.2, 0.25) is 0 Å². The monoisotopic (exact) mass is 422 g/mol. The molecule has 0 saturated heterocycles. The molecule has 10 heteroatoms. The summed E-state index contributed by atoms with van der Waals surface area (Å²) in [7, 11) is 0. The first kappa shape index (κ1) is 19.7. The Morgan fingerprint density at radius 1 is 0.700 bits per heavy atom. The molecule has 6 nitrogen and oxygen atoms in total. The van der Waals surface area contributed by atoms with Crippen LogP contribution in [0, 0.1) is 0 Å². The lowest BCUT2D eigenvalue weighted by atomic mass is 9.70. The van der Waals surface area contributed by atoms with Crippen molar-refractivity contribution in [2.75, 3.05) is 0 Å². The SMILES string of the molecule is CC(c1ccc2c(c1)C(=O)OC2=O)(c1ccc2c(c1)C(=O)OC2=O)C(F)(F)C(F)F. The van der Waals surface area contributed by atoms with Crippen molar-refractivity contribution in [2.24, 2.45) is 0 Å². The lowest BCUT2D eigenvalue weighted by molar-refractivity contribution is -0.164. The van der Waals surface area contributed by atoms with Gasteiger partial charge < -0.3 is 9.47 Å². The molecular formula is C20H10F4O6. The molecule has 2 aromatic carbocycles. The van der Waals surface area contributed by atoms with Crippen LogP contribution in [0.15, 0.2) is 36.4 Å². The smallest absolute Gasteiger partial charge is 0.346 e. The maximum absolute atomic E-state index is 14.9. The molecule has 154 valence electrons. The van der Waals surface area contributed by atoms with E-state index < -0.39 is 52.8 Å². The number of alkyl halides is 4. The van der Waals surface area contributed by atoms with Gasteiger partial charge in [0.1, 0.15) is 0 Å². The van der Waals surface area contributed by atoms with Crippen molar-refractivity contribution in [1.82, 2.24) is 0 Å². The third-order valence-corrected chi connectivity index (χ3v) is 5.38. The molecule has 0 radical (unpaired) electrons. The lowest BCUT2D eigenvalue weighted by Gasteiger charge is -2.38. The van der Waals surface area contributed by atoms with Crippen molar-refractivity contribution in [3.8, 4) is 0 Å². The van der Waals surface area contributed by atoms with Gasteiger partial charge in [-0.25, -0.2) is 28.0 Å². The second kappa shape index (κ2) is 6.22. The van der Waals surface area contributed by atoms with Gasteiger partial charge in [0.05, 0.1) is 27.7 Å². The van der Waals surface area contributed by atoms with Crippen LogP contribution in [0.25, 0.3) is 0 Å². The summed E-state index contributed by atoms with van der Waals surface area (Å²) in [5.74, 6) is -8.83. The normalized spacial score (nSPS) is 15.9. The molecule has 0 bridgehead atoms. The highest BCUT2D eigenvalue weighted by Crippen LogP contribution is 2.49. The minimum Gasteiger partial charge on any atom is -0.386 e. The largest absolute Gasteiger partial charge is 0.386 e. The van der Waals surface area contributed by atoms with E-state index in [1.54, 1.807) is 0 Å². The van der Waals surface area contributed by atoms with E-state index in [0.29, 0.717) is 0 Å². The number of hydrogen-bond acceptors (Lipinski definition) is 6. The van der Waals surface area contributed by atoms with Gasteiger partial charge in [0, 0.05) is 0 Å². The first-order valence-corrected chi connectivity index (χ1v) is 8.46. The van der Waals surface area contributed by atoms with Gasteiger partial charge in [0.2, 0.25) is 0 Å². The fraction of sp³-hybridized carbons (Fsp3) is 0.200. The van der Waals surface area contributed by atoms with E-state index >= 15 is 0 Å². The maximum Gasteiger partial charge on any atom is 0.346 e. The summed E-state index contributed by atoms with van der Waals surface area (Å²) in [6.07, 6.45) is -4.12. The van der Waals surface area contributed by atoms with Crippen LogP contribution in [0.3, 0.4) is 0 Å². The highest BCUT2D eigenvalue weighted by Gasteiger charge is 2.59. The molecule has 0 spiro atoms. The Balaban J connectivity index is 1.97. The van der Waals surface area contributed by atoms with Crippen LogP contribution in [0.5, 0.6) is 0 Å². The Morgan fingerprint density at radius 3 is 1.43 bits per heavy atom. The van der Waals surface area contributed by atoms with Gasteiger partial charge in [-0.05, 0) is 42.3 Å².